The molecule has 0 radical (unpaired) electrons. The number of methoxy groups -OCH3 is 1. The molecule has 0 fully saturated rings. The summed E-state index contributed by atoms with van der Waals surface area (Å²) < 4.78 is 7.97. The summed E-state index contributed by atoms with van der Waals surface area (Å²) in [5, 5.41) is 2.87. The number of hydrogen-bond donors (Lipinski definition) is 1. The van der Waals surface area contributed by atoms with Gasteiger partial charge in [-0.15, -0.1) is 0 Å². The van der Waals surface area contributed by atoms with Crippen molar-refractivity contribution < 1.29 is 9.53 Å². The highest BCUT2D eigenvalue weighted by Gasteiger charge is 2.08. The van der Waals surface area contributed by atoms with Crippen LogP contribution < -0.4 is 10.1 Å². The van der Waals surface area contributed by atoms with E-state index in [4.69, 9.17) is 4.74 Å². The molecule has 7 heteroatoms. The van der Waals surface area contributed by atoms with Gasteiger partial charge in [0.15, 0.2) is 11.4 Å². The van der Waals surface area contributed by atoms with E-state index in [-0.39, 0.29) is 5.91 Å². The van der Waals surface area contributed by atoms with Crippen molar-refractivity contribution in [1.29, 1.82) is 0 Å². The van der Waals surface area contributed by atoms with Crippen LogP contribution in [0, 0.1) is 0 Å². The number of carbonyl (C=O) groups excluding carboxylic acids is 1. The molecule has 118 valence electrons. The highest BCUT2D eigenvalue weighted by Crippen LogP contribution is 2.18. The molecule has 0 aliphatic heterocycles. The summed E-state index contributed by atoms with van der Waals surface area (Å²) in [6.07, 6.45) is 7.67. The van der Waals surface area contributed by atoms with Crippen LogP contribution in [0.4, 0.5) is 0 Å². The van der Waals surface area contributed by atoms with Crippen molar-refractivity contribution in [2.45, 2.75) is 6.42 Å². The van der Waals surface area contributed by atoms with E-state index in [0.717, 1.165) is 21.6 Å². The number of rotatable bonds is 5. The molecule has 0 saturated carbocycles. The minimum absolute atomic E-state index is 0.153. The molecule has 0 spiro atoms. The Bertz CT molecular complexity index is 847. The summed E-state index contributed by atoms with van der Waals surface area (Å²) in [6, 6.07) is 5.51. The Morgan fingerprint density at radius 3 is 3.09 bits per heavy atom. The maximum atomic E-state index is 12.0. The van der Waals surface area contributed by atoms with Gasteiger partial charge >= 0.3 is 0 Å². The van der Waals surface area contributed by atoms with E-state index in [2.05, 4.69) is 31.2 Å². The minimum Gasteiger partial charge on any atom is -0.493 e. The van der Waals surface area contributed by atoms with Gasteiger partial charge in [0.05, 0.1) is 18.4 Å². The average Bonchev–Trinajstić information content (AvgIpc) is 2.97. The maximum absolute atomic E-state index is 12.0. The molecule has 3 heterocycles. The van der Waals surface area contributed by atoms with E-state index < -0.39 is 0 Å². The van der Waals surface area contributed by atoms with Crippen molar-refractivity contribution in [3.63, 3.8) is 0 Å². The second-order valence-electron chi connectivity index (χ2n) is 4.94. The van der Waals surface area contributed by atoms with Crippen LogP contribution in [0.15, 0.2) is 47.5 Å². The molecule has 3 aromatic rings. The predicted molar refractivity (Wildman–Crippen MR) is 89.7 cm³/mol. The molecule has 1 amide bonds. The zero-order chi connectivity index (χ0) is 16.2. The number of hydrogen-bond acceptors (Lipinski definition) is 4. The molecule has 3 aromatic heterocycles. The standard InChI is InChI=1S/C16H15BrN4O2/c1-23-14-3-2-6-21-10-13(20-15(14)21)4-5-19-16(22)11-7-12(17)9-18-8-11/h2-3,6-10H,4-5H2,1H3,(H,19,22). The highest BCUT2D eigenvalue weighted by molar-refractivity contribution is 9.10. The summed E-state index contributed by atoms with van der Waals surface area (Å²) in [5.74, 6) is 0.572. The quantitative estimate of drug-likeness (QED) is 0.744. The lowest BCUT2D eigenvalue weighted by molar-refractivity contribution is 0.0953. The van der Waals surface area contributed by atoms with Gasteiger partial charge in [-0.1, -0.05) is 0 Å². The van der Waals surface area contributed by atoms with Gasteiger partial charge in [-0.2, -0.15) is 0 Å². The number of halogens is 1. The number of nitrogens with one attached hydrogen (secondary N) is 1. The van der Waals surface area contributed by atoms with E-state index in [1.54, 1.807) is 19.4 Å². The van der Waals surface area contributed by atoms with Gasteiger partial charge < -0.3 is 14.5 Å². The van der Waals surface area contributed by atoms with Crippen LogP contribution in [-0.2, 0) is 6.42 Å². The van der Waals surface area contributed by atoms with Crippen molar-refractivity contribution in [2.75, 3.05) is 13.7 Å². The van der Waals surface area contributed by atoms with Crippen LogP contribution >= 0.6 is 15.9 Å². The first-order valence-electron chi connectivity index (χ1n) is 7.06. The first-order chi connectivity index (χ1) is 11.2. The number of nitrogens with zero attached hydrogens (tertiary/aromatic N) is 3. The zero-order valence-electron chi connectivity index (χ0n) is 12.5. The molecule has 0 saturated heterocycles. The van der Waals surface area contributed by atoms with E-state index in [1.807, 2.05) is 28.9 Å². The molecule has 0 aliphatic carbocycles. The topological polar surface area (TPSA) is 68.5 Å². The van der Waals surface area contributed by atoms with Crippen molar-refractivity contribution in [2.24, 2.45) is 0 Å². The fourth-order valence-electron chi connectivity index (χ4n) is 2.26. The minimum atomic E-state index is -0.153. The smallest absolute Gasteiger partial charge is 0.252 e. The molecule has 1 N–H and O–H groups in total. The fourth-order valence-corrected chi connectivity index (χ4v) is 2.62. The van der Waals surface area contributed by atoms with Gasteiger partial charge in [-0.3, -0.25) is 9.78 Å². The molecule has 0 bridgehead atoms. The normalized spacial score (nSPS) is 10.7. The number of amides is 1. The van der Waals surface area contributed by atoms with Gasteiger partial charge in [0.2, 0.25) is 0 Å². The molecule has 3 rings (SSSR count). The van der Waals surface area contributed by atoms with Crippen molar-refractivity contribution >= 4 is 27.5 Å². The summed E-state index contributed by atoms with van der Waals surface area (Å²) in [6.45, 7) is 0.498. The summed E-state index contributed by atoms with van der Waals surface area (Å²) in [4.78, 5) is 20.6. The van der Waals surface area contributed by atoms with E-state index >= 15 is 0 Å². The van der Waals surface area contributed by atoms with E-state index in [0.29, 0.717) is 18.5 Å². The van der Waals surface area contributed by atoms with Gasteiger partial charge in [0, 0.05) is 42.2 Å². The molecule has 0 aromatic carbocycles. The molecule has 23 heavy (non-hydrogen) atoms. The summed E-state index contributed by atoms with van der Waals surface area (Å²) in [7, 11) is 1.62. The summed E-state index contributed by atoms with van der Waals surface area (Å²) in [5.41, 5.74) is 2.19. The first kappa shape index (κ1) is 15.5. The van der Waals surface area contributed by atoms with Gasteiger partial charge in [0.1, 0.15) is 0 Å². The van der Waals surface area contributed by atoms with Gasteiger partial charge in [-0.05, 0) is 34.1 Å². The van der Waals surface area contributed by atoms with Crippen LogP contribution in [-0.4, -0.2) is 33.9 Å². The number of aromatic nitrogens is 3. The van der Waals surface area contributed by atoms with E-state index in [9.17, 15) is 4.79 Å². The molecular formula is C16H15BrN4O2. The summed E-state index contributed by atoms with van der Waals surface area (Å²) >= 11 is 3.30. The Morgan fingerprint density at radius 2 is 2.30 bits per heavy atom. The number of imidazole rings is 1. The Morgan fingerprint density at radius 1 is 1.43 bits per heavy atom. The van der Waals surface area contributed by atoms with Crippen LogP contribution in [0.25, 0.3) is 5.65 Å². The Balaban J connectivity index is 1.64. The third kappa shape index (κ3) is 3.50. The Hall–Kier alpha value is -2.41. The molecule has 0 atom stereocenters. The third-order valence-corrected chi connectivity index (χ3v) is 3.78. The van der Waals surface area contributed by atoms with Crippen molar-refractivity contribution in [1.82, 2.24) is 19.7 Å². The van der Waals surface area contributed by atoms with Crippen LogP contribution in [0.1, 0.15) is 16.1 Å². The number of pyridine rings is 2. The molecular weight excluding hydrogens is 360 g/mol. The zero-order valence-corrected chi connectivity index (χ0v) is 14.1. The Labute approximate surface area is 141 Å². The van der Waals surface area contributed by atoms with E-state index in [1.165, 1.54) is 6.20 Å². The van der Waals surface area contributed by atoms with Crippen LogP contribution in [0.5, 0.6) is 5.75 Å². The Kier molecular flexibility index (Phi) is 4.57. The molecule has 6 nitrogen and oxygen atoms in total. The lowest BCUT2D eigenvalue weighted by Gasteiger charge is -2.03. The lowest BCUT2D eigenvalue weighted by Crippen LogP contribution is -2.25. The monoisotopic (exact) mass is 374 g/mol. The lowest BCUT2D eigenvalue weighted by atomic mass is 10.2. The second kappa shape index (κ2) is 6.78. The molecule has 0 aliphatic rings. The number of fused-ring (bicyclic) bond motifs is 1. The van der Waals surface area contributed by atoms with Crippen LogP contribution in [0.3, 0.4) is 0 Å². The SMILES string of the molecule is COc1cccn2cc(CCNC(=O)c3cncc(Br)c3)nc12. The highest BCUT2D eigenvalue weighted by atomic mass is 79.9. The molecule has 0 unspecified atom stereocenters. The number of ether oxygens (including phenoxy) is 1. The third-order valence-electron chi connectivity index (χ3n) is 3.35. The first-order valence-corrected chi connectivity index (χ1v) is 7.86. The van der Waals surface area contributed by atoms with Crippen molar-refractivity contribution in [3.8, 4) is 5.75 Å². The van der Waals surface area contributed by atoms with Gasteiger partial charge in [-0.25, -0.2) is 4.98 Å². The number of carbonyl (C=O) groups is 1. The predicted octanol–water partition coefficient (Wildman–Crippen LogP) is 2.47. The fraction of sp³-hybridized carbons (Fsp3) is 0.188. The van der Waals surface area contributed by atoms with Crippen molar-refractivity contribution in [3.05, 3.63) is 58.7 Å². The second-order valence-corrected chi connectivity index (χ2v) is 5.85. The largest absolute Gasteiger partial charge is 0.493 e. The maximum Gasteiger partial charge on any atom is 0.252 e. The van der Waals surface area contributed by atoms with Crippen LogP contribution in [0.2, 0.25) is 0 Å². The average molecular weight is 375 g/mol. The van der Waals surface area contributed by atoms with Gasteiger partial charge in [0.25, 0.3) is 5.91 Å².